The van der Waals surface area contributed by atoms with E-state index in [1.54, 1.807) is 18.3 Å². The summed E-state index contributed by atoms with van der Waals surface area (Å²) in [4.78, 5) is 25.6. The average Bonchev–Trinajstić information content (AvgIpc) is 2.74. The maximum Gasteiger partial charge on any atom is 0.251 e. The maximum atomic E-state index is 14.1. The zero-order valence-corrected chi connectivity index (χ0v) is 15.6. The quantitative estimate of drug-likeness (QED) is 0.753. The van der Waals surface area contributed by atoms with Crippen molar-refractivity contribution in [1.29, 1.82) is 0 Å². The van der Waals surface area contributed by atoms with Crippen LogP contribution < -0.4 is 10.5 Å². The Morgan fingerprint density at radius 1 is 1.29 bits per heavy atom. The molecule has 7 heteroatoms. The predicted molar refractivity (Wildman–Crippen MR) is 105 cm³/mol. The van der Waals surface area contributed by atoms with Gasteiger partial charge in [-0.15, -0.1) is 0 Å². The first-order valence-electron chi connectivity index (χ1n) is 9.31. The number of hydrogen-bond acceptors (Lipinski definition) is 5. The van der Waals surface area contributed by atoms with E-state index < -0.39 is 0 Å². The number of aromatic amines is 1. The number of nitrogens with zero attached hydrogens (tertiary/aromatic N) is 3. The van der Waals surface area contributed by atoms with E-state index in [-0.39, 0.29) is 17.5 Å². The molecule has 0 amide bonds. The van der Waals surface area contributed by atoms with E-state index in [2.05, 4.69) is 19.9 Å². The molecule has 1 atom stereocenters. The number of anilines is 1. The summed E-state index contributed by atoms with van der Waals surface area (Å²) in [5.74, 6) is 1.03. The zero-order chi connectivity index (χ0) is 19.5. The standard InChI is InChI=1S/C21H21FN4O2/c1-2-15-11-20(27)25-21(24-15)14-7-8-19(23-12-14)26-9-10-28-18(13-26)16-5-3-4-6-17(16)22/h3-8,11-12,18H,2,9-10,13H2,1H3,(H,24,25,27). The van der Waals surface area contributed by atoms with Crippen LogP contribution in [0.4, 0.5) is 10.2 Å². The molecule has 1 aromatic carbocycles. The Bertz CT molecular complexity index is 1020. The van der Waals surface area contributed by atoms with Gasteiger partial charge in [-0.3, -0.25) is 4.79 Å². The molecule has 3 aromatic rings. The fourth-order valence-corrected chi connectivity index (χ4v) is 3.32. The number of H-pyrrole nitrogens is 1. The second-order valence-corrected chi connectivity index (χ2v) is 6.67. The molecule has 1 aliphatic rings. The summed E-state index contributed by atoms with van der Waals surface area (Å²) < 4.78 is 19.9. The molecule has 1 fully saturated rings. The van der Waals surface area contributed by atoms with Gasteiger partial charge in [-0.1, -0.05) is 25.1 Å². The summed E-state index contributed by atoms with van der Waals surface area (Å²) >= 11 is 0. The molecule has 3 heterocycles. The minimum absolute atomic E-state index is 0.174. The summed E-state index contributed by atoms with van der Waals surface area (Å²) in [5, 5.41) is 0. The molecule has 28 heavy (non-hydrogen) atoms. The van der Waals surface area contributed by atoms with Crippen LogP contribution in [0.3, 0.4) is 0 Å². The van der Waals surface area contributed by atoms with E-state index in [4.69, 9.17) is 4.74 Å². The predicted octanol–water partition coefficient (Wildman–Crippen LogP) is 3.11. The van der Waals surface area contributed by atoms with Crippen LogP contribution in [0.5, 0.6) is 0 Å². The van der Waals surface area contributed by atoms with Crippen LogP contribution >= 0.6 is 0 Å². The van der Waals surface area contributed by atoms with E-state index in [0.717, 1.165) is 17.1 Å². The summed E-state index contributed by atoms with van der Waals surface area (Å²) in [7, 11) is 0. The molecule has 144 valence electrons. The SMILES string of the molecule is CCc1cc(=O)[nH]c(-c2ccc(N3CCOC(c4ccccc4F)C3)nc2)n1. The first-order valence-corrected chi connectivity index (χ1v) is 9.31. The molecule has 0 aliphatic carbocycles. The molecule has 0 saturated carbocycles. The minimum atomic E-state index is -0.337. The number of nitrogens with one attached hydrogen (secondary N) is 1. The molecule has 1 N–H and O–H groups in total. The van der Waals surface area contributed by atoms with E-state index in [0.29, 0.717) is 37.5 Å². The monoisotopic (exact) mass is 380 g/mol. The summed E-state index contributed by atoms with van der Waals surface area (Å²) in [6.45, 7) is 3.65. The Morgan fingerprint density at radius 3 is 2.89 bits per heavy atom. The Labute approximate surface area is 162 Å². The number of aryl methyl sites for hydroxylation is 1. The normalized spacial score (nSPS) is 16.9. The third-order valence-corrected chi connectivity index (χ3v) is 4.82. The van der Waals surface area contributed by atoms with Gasteiger partial charge < -0.3 is 14.6 Å². The Balaban J connectivity index is 1.55. The minimum Gasteiger partial charge on any atom is -0.370 e. The van der Waals surface area contributed by atoms with Gasteiger partial charge in [-0.25, -0.2) is 14.4 Å². The molecule has 0 bridgehead atoms. The molecule has 0 spiro atoms. The van der Waals surface area contributed by atoms with Crippen molar-refractivity contribution >= 4 is 5.82 Å². The highest BCUT2D eigenvalue weighted by atomic mass is 19.1. The third kappa shape index (κ3) is 3.80. The number of pyridine rings is 1. The summed E-state index contributed by atoms with van der Waals surface area (Å²) in [6.07, 6.45) is 2.05. The number of ether oxygens (including phenoxy) is 1. The number of hydrogen-bond donors (Lipinski definition) is 1. The van der Waals surface area contributed by atoms with Crippen molar-refractivity contribution in [3.8, 4) is 11.4 Å². The zero-order valence-electron chi connectivity index (χ0n) is 15.6. The maximum absolute atomic E-state index is 14.1. The Kier molecular flexibility index (Phi) is 5.16. The van der Waals surface area contributed by atoms with Gasteiger partial charge in [0.15, 0.2) is 0 Å². The fourth-order valence-electron chi connectivity index (χ4n) is 3.32. The van der Waals surface area contributed by atoms with Gasteiger partial charge in [0, 0.05) is 42.2 Å². The summed E-state index contributed by atoms with van der Waals surface area (Å²) in [6, 6.07) is 12.0. The number of aromatic nitrogens is 3. The molecule has 1 aliphatic heterocycles. The van der Waals surface area contributed by atoms with Crippen LogP contribution in [0.1, 0.15) is 24.3 Å². The van der Waals surface area contributed by atoms with Crippen LogP contribution in [0.25, 0.3) is 11.4 Å². The van der Waals surface area contributed by atoms with E-state index in [1.807, 2.05) is 25.1 Å². The highest BCUT2D eigenvalue weighted by Crippen LogP contribution is 2.27. The van der Waals surface area contributed by atoms with Gasteiger partial charge in [-0.05, 0) is 24.6 Å². The van der Waals surface area contributed by atoms with Crippen molar-refractivity contribution in [2.75, 3.05) is 24.6 Å². The average molecular weight is 380 g/mol. The van der Waals surface area contributed by atoms with Crippen LogP contribution in [0, 0.1) is 5.82 Å². The van der Waals surface area contributed by atoms with E-state index in [1.165, 1.54) is 12.1 Å². The lowest BCUT2D eigenvalue weighted by Crippen LogP contribution is -2.39. The van der Waals surface area contributed by atoms with E-state index >= 15 is 0 Å². The van der Waals surface area contributed by atoms with Crippen LogP contribution in [-0.4, -0.2) is 34.6 Å². The first-order chi connectivity index (χ1) is 13.6. The van der Waals surface area contributed by atoms with Gasteiger partial charge in [0.2, 0.25) is 0 Å². The topological polar surface area (TPSA) is 71.1 Å². The lowest BCUT2D eigenvalue weighted by molar-refractivity contribution is 0.0372. The molecule has 0 radical (unpaired) electrons. The highest BCUT2D eigenvalue weighted by Gasteiger charge is 2.25. The van der Waals surface area contributed by atoms with Crippen LogP contribution in [0.15, 0.2) is 53.5 Å². The van der Waals surface area contributed by atoms with Gasteiger partial charge >= 0.3 is 0 Å². The van der Waals surface area contributed by atoms with Crippen molar-refractivity contribution in [2.24, 2.45) is 0 Å². The second kappa shape index (κ2) is 7.90. The largest absolute Gasteiger partial charge is 0.370 e. The van der Waals surface area contributed by atoms with Crippen molar-refractivity contribution in [3.63, 3.8) is 0 Å². The number of morpholine rings is 1. The number of benzene rings is 1. The van der Waals surface area contributed by atoms with Crippen molar-refractivity contribution in [1.82, 2.24) is 15.0 Å². The van der Waals surface area contributed by atoms with Crippen LogP contribution in [0.2, 0.25) is 0 Å². The van der Waals surface area contributed by atoms with Gasteiger partial charge in [0.25, 0.3) is 5.56 Å². The molecule has 6 nitrogen and oxygen atoms in total. The molecule has 4 rings (SSSR count). The number of rotatable bonds is 4. The lowest BCUT2D eigenvalue weighted by atomic mass is 10.1. The first kappa shape index (κ1) is 18.3. The molecule has 1 saturated heterocycles. The molecule has 2 aromatic heterocycles. The van der Waals surface area contributed by atoms with E-state index in [9.17, 15) is 9.18 Å². The Morgan fingerprint density at radius 2 is 2.14 bits per heavy atom. The fraction of sp³-hybridized carbons (Fsp3) is 0.286. The smallest absolute Gasteiger partial charge is 0.251 e. The van der Waals surface area contributed by atoms with Gasteiger partial charge in [0.1, 0.15) is 23.6 Å². The number of halogens is 1. The van der Waals surface area contributed by atoms with Crippen LogP contribution in [-0.2, 0) is 11.2 Å². The van der Waals surface area contributed by atoms with Gasteiger partial charge in [-0.2, -0.15) is 0 Å². The Hall–Kier alpha value is -3.06. The molecular weight excluding hydrogens is 359 g/mol. The molecule has 1 unspecified atom stereocenters. The third-order valence-electron chi connectivity index (χ3n) is 4.82. The lowest BCUT2D eigenvalue weighted by Gasteiger charge is -2.34. The van der Waals surface area contributed by atoms with Crippen molar-refractivity contribution in [3.05, 3.63) is 76.1 Å². The van der Waals surface area contributed by atoms with Crippen molar-refractivity contribution < 1.29 is 9.13 Å². The molecular formula is C21H21FN4O2. The summed E-state index contributed by atoms with van der Waals surface area (Å²) in [5.41, 5.74) is 1.87. The van der Waals surface area contributed by atoms with Gasteiger partial charge in [0.05, 0.1) is 6.61 Å². The highest BCUT2D eigenvalue weighted by molar-refractivity contribution is 5.56. The van der Waals surface area contributed by atoms with Crippen molar-refractivity contribution in [2.45, 2.75) is 19.4 Å². The second-order valence-electron chi connectivity index (χ2n) is 6.67.